The molecule has 2 aliphatic rings. The van der Waals surface area contributed by atoms with E-state index in [0.717, 1.165) is 13.1 Å². The maximum Gasteiger partial charge on any atom is 0.338 e. The Balaban J connectivity index is 1.85. The van der Waals surface area contributed by atoms with E-state index in [2.05, 4.69) is 20.2 Å². The van der Waals surface area contributed by atoms with Gasteiger partial charge in [-0.1, -0.05) is 12.1 Å². The Morgan fingerprint density at radius 2 is 1.90 bits per heavy atom. The Morgan fingerprint density at radius 1 is 1.23 bits per heavy atom. The number of esters is 1. The Morgan fingerprint density at radius 3 is 2.55 bits per heavy atom. The van der Waals surface area contributed by atoms with Crippen molar-refractivity contribution in [1.29, 1.82) is 0 Å². The van der Waals surface area contributed by atoms with Crippen molar-refractivity contribution < 1.29 is 18.7 Å². The van der Waals surface area contributed by atoms with Crippen molar-refractivity contribution in [2.45, 2.75) is 12.5 Å². The highest BCUT2D eigenvalue weighted by Gasteiger charge is 2.42. The van der Waals surface area contributed by atoms with Crippen LogP contribution in [0.15, 0.2) is 59.0 Å². The van der Waals surface area contributed by atoms with E-state index in [9.17, 15) is 9.18 Å². The lowest BCUT2D eigenvalue weighted by Crippen LogP contribution is -2.47. The molecule has 0 radical (unpaired) electrons. The fourth-order valence-electron chi connectivity index (χ4n) is 3.84. The topological polar surface area (TPSA) is 88.9 Å². The van der Waals surface area contributed by atoms with E-state index >= 15 is 0 Å². The maximum absolute atomic E-state index is 13.6. The lowest BCUT2D eigenvalue weighted by molar-refractivity contribution is -0.137. The Kier molecular flexibility index (Phi) is 6.06. The number of benzene rings is 1. The van der Waals surface area contributed by atoms with Crippen LogP contribution >= 0.6 is 0 Å². The molecular formula is C22H24FN5O3. The van der Waals surface area contributed by atoms with Crippen molar-refractivity contribution in [2.24, 2.45) is 4.99 Å². The van der Waals surface area contributed by atoms with Crippen LogP contribution in [-0.2, 0) is 19.8 Å². The van der Waals surface area contributed by atoms with E-state index in [0.29, 0.717) is 48.3 Å². The fraction of sp³-hybridized carbons (Fsp3) is 0.364. The highest BCUT2D eigenvalue weighted by atomic mass is 19.1. The zero-order chi connectivity index (χ0) is 21.8. The molecule has 31 heavy (non-hydrogen) atoms. The number of ether oxygens (including phenoxy) is 2. The number of aliphatic imine (C=N–C) groups is 1. The second-order valence-electron chi connectivity index (χ2n) is 7.47. The Hall–Kier alpha value is -3.17. The predicted molar refractivity (Wildman–Crippen MR) is 112 cm³/mol. The molecule has 2 aromatic rings. The van der Waals surface area contributed by atoms with Gasteiger partial charge in [0, 0.05) is 37.7 Å². The summed E-state index contributed by atoms with van der Waals surface area (Å²) < 4.78 is 24.2. The molecule has 1 aromatic heterocycles. The summed E-state index contributed by atoms with van der Waals surface area (Å²) in [6, 6.07) is 7.68. The van der Waals surface area contributed by atoms with E-state index in [4.69, 9.17) is 14.5 Å². The van der Waals surface area contributed by atoms with E-state index in [-0.39, 0.29) is 5.82 Å². The Labute approximate surface area is 179 Å². The third-order valence-electron chi connectivity index (χ3n) is 5.45. The number of rotatable bonds is 5. The summed E-state index contributed by atoms with van der Waals surface area (Å²) in [5.41, 5.74) is 0.553. The number of halogens is 1. The summed E-state index contributed by atoms with van der Waals surface area (Å²) in [5.74, 6) is -0.0315. The van der Waals surface area contributed by atoms with Crippen molar-refractivity contribution >= 4 is 11.8 Å². The quantitative estimate of drug-likeness (QED) is 0.729. The van der Waals surface area contributed by atoms with Crippen molar-refractivity contribution in [3.8, 4) is 0 Å². The molecule has 3 heterocycles. The first-order chi connectivity index (χ1) is 15.0. The van der Waals surface area contributed by atoms with E-state index in [1.807, 2.05) is 6.92 Å². The molecule has 1 unspecified atom stereocenters. The van der Waals surface area contributed by atoms with Crippen LogP contribution in [0.5, 0.6) is 0 Å². The van der Waals surface area contributed by atoms with Crippen LogP contribution in [0.2, 0.25) is 0 Å². The summed E-state index contributed by atoms with van der Waals surface area (Å²) in [5, 5.41) is 3.27. The number of morpholine rings is 1. The number of aromatic nitrogens is 2. The molecule has 0 amide bonds. The summed E-state index contributed by atoms with van der Waals surface area (Å²) in [6.07, 6.45) is 3.26. The van der Waals surface area contributed by atoms with Crippen LogP contribution in [0.25, 0.3) is 0 Å². The van der Waals surface area contributed by atoms with E-state index < -0.39 is 11.5 Å². The van der Waals surface area contributed by atoms with Gasteiger partial charge in [0.15, 0.2) is 11.7 Å². The summed E-state index contributed by atoms with van der Waals surface area (Å²) in [6.45, 7) is 5.01. The van der Waals surface area contributed by atoms with Gasteiger partial charge in [-0.3, -0.25) is 4.90 Å². The van der Waals surface area contributed by atoms with Crippen molar-refractivity contribution in [1.82, 2.24) is 20.2 Å². The maximum atomic E-state index is 13.6. The third kappa shape index (κ3) is 4.33. The predicted octanol–water partition coefficient (Wildman–Crippen LogP) is 1.64. The smallest absolute Gasteiger partial charge is 0.338 e. The molecule has 1 aromatic carbocycles. The molecule has 1 atom stereocenters. The average molecular weight is 425 g/mol. The SMILES string of the molecule is COC(=O)C1=C(CN2CCOCC2)NC(c2ncccn2)=NC1(C)c1ccc(F)cc1. The third-order valence-corrected chi connectivity index (χ3v) is 5.45. The molecule has 9 heteroatoms. The van der Waals surface area contributed by atoms with Crippen molar-refractivity contribution in [3.05, 3.63) is 71.2 Å². The number of hydrogen-bond acceptors (Lipinski definition) is 8. The molecule has 1 fully saturated rings. The molecule has 2 aliphatic heterocycles. The van der Waals surface area contributed by atoms with Gasteiger partial charge in [0.2, 0.25) is 0 Å². The second-order valence-corrected chi connectivity index (χ2v) is 7.47. The van der Waals surface area contributed by atoms with Crippen LogP contribution in [-0.4, -0.2) is 66.6 Å². The zero-order valence-electron chi connectivity index (χ0n) is 17.5. The van der Waals surface area contributed by atoms with E-state index in [1.165, 1.54) is 19.2 Å². The number of methoxy groups -OCH3 is 1. The molecule has 0 spiro atoms. The van der Waals surface area contributed by atoms with Crippen LogP contribution in [0, 0.1) is 5.82 Å². The van der Waals surface area contributed by atoms with Gasteiger partial charge in [-0.15, -0.1) is 0 Å². The summed E-state index contributed by atoms with van der Waals surface area (Å²) in [7, 11) is 1.34. The van der Waals surface area contributed by atoms with Crippen molar-refractivity contribution in [3.63, 3.8) is 0 Å². The van der Waals surface area contributed by atoms with Gasteiger partial charge < -0.3 is 14.8 Å². The largest absolute Gasteiger partial charge is 0.466 e. The number of carbonyl (C=O) groups is 1. The number of nitrogens with zero attached hydrogens (tertiary/aromatic N) is 4. The molecule has 0 bridgehead atoms. The molecule has 1 N–H and O–H groups in total. The normalized spacial score (nSPS) is 22.0. The highest BCUT2D eigenvalue weighted by molar-refractivity contribution is 6.02. The van der Waals surface area contributed by atoms with Gasteiger partial charge >= 0.3 is 5.97 Å². The number of amidine groups is 1. The van der Waals surface area contributed by atoms with Gasteiger partial charge in [0.1, 0.15) is 11.4 Å². The van der Waals surface area contributed by atoms with Crippen LogP contribution < -0.4 is 5.32 Å². The summed E-state index contributed by atoms with van der Waals surface area (Å²) >= 11 is 0. The molecule has 162 valence electrons. The average Bonchev–Trinajstić information content (AvgIpc) is 2.80. The zero-order valence-corrected chi connectivity index (χ0v) is 17.5. The number of hydrogen-bond donors (Lipinski definition) is 1. The van der Waals surface area contributed by atoms with Crippen LogP contribution in [0.1, 0.15) is 18.3 Å². The monoisotopic (exact) mass is 425 g/mol. The first-order valence-electron chi connectivity index (χ1n) is 10.0. The van der Waals surface area contributed by atoms with Crippen LogP contribution in [0.3, 0.4) is 0 Å². The highest BCUT2D eigenvalue weighted by Crippen LogP contribution is 2.38. The van der Waals surface area contributed by atoms with Gasteiger partial charge in [0.25, 0.3) is 0 Å². The number of carbonyl (C=O) groups excluding carboxylic acids is 1. The van der Waals surface area contributed by atoms with Gasteiger partial charge in [0.05, 0.1) is 25.9 Å². The summed E-state index contributed by atoms with van der Waals surface area (Å²) in [4.78, 5) is 28.6. The fourth-order valence-corrected chi connectivity index (χ4v) is 3.84. The van der Waals surface area contributed by atoms with E-state index in [1.54, 1.807) is 30.6 Å². The molecule has 1 saturated heterocycles. The molecule has 0 aliphatic carbocycles. The molecule has 0 saturated carbocycles. The van der Waals surface area contributed by atoms with Gasteiger partial charge in [-0.05, 0) is 30.7 Å². The van der Waals surface area contributed by atoms with Gasteiger partial charge in [-0.25, -0.2) is 24.1 Å². The minimum absolute atomic E-state index is 0.367. The first-order valence-corrected chi connectivity index (χ1v) is 10.0. The standard InChI is InChI=1S/C22H24FN5O3/c1-22(15-4-6-16(23)7-5-15)18(21(29)30-2)17(14-28-10-12-31-13-11-28)26-20(27-22)19-24-8-3-9-25-19/h3-9H,10-14H2,1-2H3,(H,26,27). The Bertz CT molecular complexity index is 1000. The molecule has 4 rings (SSSR count). The lowest BCUT2D eigenvalue weighted by atomic mass is 9.82. The first kappa shape index (κ1) is 21.1. The van der Waals surface area contributed by atoms with Gasteiger partial charge in [-0.2, -0.15) is 0 Å². The second kappa shape index (κ2) is 8.91. The molecule has 8 nitrogen and oxygen atoms in total. The molecular weight excluding hydrogens is 401 g/mol. The minimum Gasteiger partial charge on any atom is -0.466 e. The number of nitrogens with one attached hydrogen (secondary N) is 1. The lowest BCUT2D eigenvalue weighted by Gasteiger charge is -2.37. The van der Waals surface area contributed by atoms with Crippen LogP contribution in [0.4, 0.5) is 4.39 Å². The minimum atomic E-state index is -1.12. The van der Waals surface area contributed by atoms with Crippen molar-refractivity contribution in [2.75, 3.05) is 40.0 Å².